The molecule has 0 spiro atoms. The molecule has 2 unspecified atom stereocenters. The van der Waals surface area contributed by atoms with E-state index >= 15 is 0 Å². The van der Waals surface area contributed by atoms with E-state index in [0.717, 1.165) is 0 Å². The second-order valence-corrected chi connectivity index (χ2v) is 14.4. The van der Waals surface area contributed by atoms with Gasteiger partial charge in [-0.1, -0.05) is 81.6 Å². The minimum atomic E-state index is -7.01. The Kier molecular flexibility index (Phi) is 10.9. The first kappa shape index (κ1) is 40.1. The summed E-state index contributed by atoms with van der Waals surface area (Å²) >= 11 is 2.41. The third-order valence-electron chi connectivity index (χ3n) is 7.30. The van der Waals surface area contributed by atoms with Crippen LogP contribution in [0.1, 0.15) is 35.1 Å². The SMILES string of the molecule is FC(F)(F)C(F)(F)C(F)(F)C(F)(F)CC(I)Cc1ccc2c(c1)Cc1cc(CC(I)CC(F)(F)C(F)(F)C(F)(F)C(F)(F)F)ccc1-2. The molecule has 0 aromatic heterocycles. The average molecular weight is 938 g/mol. The molecule has 0 saturated heterocycles. The molecule has 0 nitrogen and oxygen atoms in total. The molecule has 266 valence electrons. The molecule has 2 aromatic rings. The third kappa shape index (κ3) is 7.41. The fourth-order valence-corrected chi connectivity index (χ4v) is 6.98. The first-order valence-corrected chi connectivity index (χ1v) is 15.3. The van der Waals surface area contributed by atoms with Gasteiger partial charge in [0, 0.05) is 20.7 Å². The molecule has 0 heterocycles. The summed E-state index contributed by atoms with van der Waals surface area (Å²) in [4.78, 5) is 0. The van der Waals surface area contributed by atoms with E-state index < -0.39 is 81.4 Å². The van der Waals surface area contributed by atoms with Gasteiger partial charge in [-0.05, 0) is 52.6 Å². The van der Waals surface area contributed by atoms with Gasteiger partial charge in [0.1, 0.15) is 0 Å². The van der Waals surface area contributed by atoms with Gasteiger partial charge in [-0.15, -0.1) is 0 Å². The van der Waals surface area contributed by atoms with Crippen LogP contribution in [0.2, 0.25) is 0 Å². The number of benzene rings is 2. The highest BCUT2D eigenvalue weighted by Crippen LogP contribution is 2.56. The van der Waals surface area contributed by atoms with E-state index in [-0.39, 0.29) is 17.5 Å². The van der Waals surface area contributed by atoms with E-state index in [4.69, 9.17) is 0 Å². The molecule has 0 bridgehead atoms. The monoisotopic (exact) mass is 938 g/mol. The fourth-order valence-electron chi connectivity index (χ4n) is 4.86. The van der Waals surface area contributed by atoms with Crippen LogP contribution >= 0.6 is 45.2 Å². The van der Waals surface area contributed by atoms with Gasteiger partial charge < -0.3 is 0 Å². The van der Waals surface area contributed by atoms with Crippen molar-refractivity contribution in [1.82, 2.24) is 0 Å². The van der Waals surface area contributed by atoms with Gasteiger partial charge in [0.15, 0.2) is 0 Å². The number of rotatable bonds is 12. The lowest BCUT2D eigenvalue weighted by Gasteiger charge is -2.34. The number of alkyl halides is 20. The Morgan fingerprint density at radius 1 is 0.468 bits per heavy atom. The highest BCUT2D eigenvalue weighted by Gasteiger charge is 2.82. The molecule has 20 heteroatoms. The molecule has 0 fully saturated rings. The van der Waals surface area contributed by atoms with Crippen molar-refractivity contribution >= 4 is 45.2 Å². The van der Waals surface area contributed by atoms with Gasteiger partial charge in [0.05, 0.1) is 0 Å². The molecular weight excluding hydrogens is 920 g/mol. The van der Waals surface area contributed by atoms with E-state index in [9.17, 15) is 79.0 Å². The molecular formula is C27H18F18I2. The van der Waals surface area contributed by atoms with E-state index in [1.165, 1.54) is 81.6 Å². The Morgan fingerprint density at radius 3 is 1.04 bits per heavy atom. The smallest absolute Gasteiger partial charge is 0.200 e. The molecule has 1 aliphatic rings. The van der Waals surface area contributed by atoms with Crippen LogP contribution in [0.15, 0.2) is 36.4 Å². The first-order chi connectivity index (χ1) is 20.9. The van der Waals surface area contributed by atoms with Crippen LogP contribution in [0, 0.1) is 0 Å². The van der Waals surface area contributed by atoms with E-state index in [1.807, 2.05) is 0 Å². The van der Waals surface area contributed by atoms with Crippen LogP contribution in [0.3, 0.4) is 0 Å². The van der Waals surface area contributed by atoms with Crippen LogP contribution in [0.4, 0.5) is 79.0 Å². The van der Waals surface area contributed by atoms with Crippen molar-refractivity contribution in [1.29, 1.82) is 0 Å². The minimum absolute atomic E-state index is 0.0856. The van der Waals surface area contributed by atoms with Crippen molar-refractivity contribution in [2.24, 2.45) is 0 Å². The predicted octanol–water partition coefficient (Wildman–Crippen LogP) is 11.7. The molecule has 0 radical (unpaired) electrons. The Bertz CT molecular complexity index is 1340. The van der Waals surface area contributed by atoms with E-state index in [2.05, 4.69) is 0 Å². The number of fused-ring (bicyclic) bond motifs is 3. The maximum Gasteiger partial charge on any atom is 0.460 e. The summed E-state index contributed by atoms with van der Waals surface area (Å²) in [6, 6.07) is 8.49. The molecule has 47 heavy (non-hydrogen) atoms. The Hall–Kier alpha value is -1.36. The molecule has 0 saturated carbocycles. The van der Waals surface area contributed by atoms with Crippen molar-refractivity contribution < 1.29 is 79.0 Å². The molecule has 0 amide bonds. The zero-order chi connectivity index (χ0) is 36.4. The molecule has 0 N–H and O–H groups in total. The van der Waals surface area contributed by atoms with Crippen LogP contribution in [0.5, 0.6) is 0 Å². The number of hydrogen-bond donors (Lipinski definition) is 0. The zero-order valence-corrected chi connectivity index (χ0v) is 27.0. The van der Waals surface area contributed by atoms with Gasteiger partial charge in [0.25, 0.3) is 0 Å². The van der Waals surface area contributed by atoms with Crippen molar-refractivity contribution in [3.63, 3.8) is 0 Å². The van der Waals surface area contributed by atoms with Gasteiger partial charge in [-0.3, -0.25) is 0 Å². The van der Waals surface area contributed by atoms with Crippen LogP contribution in [-0.4, -0.2) is 55.7 Å². The maximum absolute atomic E-state index is 14.1. The van der Waals surface area contributed by atoms with Gasteiger partial charge in [-0.25, -0.2) is 0 Å². The van der Waals surface area contributed by atoms with Crippen LogP contribution in [-0.2, 0) is 19.3 Å². The summed E-state index contributed by atoms with van der Waals surface area (Å²) in [5, 5.41) is 0. The van der Waals surface area contributed by atoms with Crippen molar-refractivity contribution in [3.05, 3.63) is 58.7 Å². The summed E-state index contributed by atoms with van der Waals surface area (Å²) < 4.78 is 235. The molecule has 0 aliphatic heterocycles. The van der Waals surface area contributed by atoms with Gasteiger partial charge in [0.2, 0.25) is 0 Å². The standard InChI is InChI=1S/C27H18F18I2/c28-20(29,22(32,33)24(36,37)26(40,41)42)10-16(46)7-12-1-3-18-14(5-12)9-15-6-13(2-4-19(15)18)8-17(47)11-21(30,31)23(34,35)25(38,39)27(43,44)45/h1-6,16-17H,7-11H2. The van der Waals surface area contributed by atoms with Crippen molar-refractivity contribution in [2.45, 2.75) is 87.8 Å². The molecule has 2 atom stereocenters. The lowest BCUT2D eigenvalue weighted by Crippen LogP contribution is -2.61. The van der Waals surface area contributed by atoms with E-state index in [0.29, 0.717) is 22.3 Å². The summed E-state index contributed by atoms with van der Waals surface area (Å²) in [6.07, 6.45) is -18.8. The summed E-state index contributed by atoms with van der Waals surface area (Å²) in [6.45, 7) is 0. The molecule has 2 aromatic carbocycles. The van der Waals surface area contributed by atoms with Gasteiger partial charge in [-0.2, -0.15) is 79.0 Å². The first-order valence-electron chi connectivity index (χ1n) is 12.8. The normalized spacial score (nSPS) is 16.6. The lowest BCUT2D eigenvalue weighted by atomic mass is 9.95. The Morgan fingerprint density at radius 2 is 0.766 bits per heavy atom. The van der Waals surface area contributed by atoms with E-state index in [1.54, 1.807) is 0 Å². The quantitative estimate of drug-likeness (QED) is 0.0964. The van der Waals surface area contributed by atoms with Gasteiger partial charge >= 0.3 is 47.9 Å². The highest BCUT2D eigenvalue weighted by atomic mass is 127. The lowest BCUT2D eigenvalue weighted by molar-refractivity contribution is -0.396. The van der Waals surface area contributed by atoms with Crippen molar-refractivity contribution in [3.8, 4) is 11.1 Å². The zero-order valence-electron chi connectivity index (χ0n) is 22.7. The largest absolute Gasteiger partial charge is 0.460 e. The summed E-state index contributed by atoms with van der Waals surface area (Å²) in [5.74, 6) is -39.0. The minimum Gasteiger partial charge on any atom is -0.200 e. The second kappa shape index (κ2) is 12.8. The predicted molar refractivity (Wildman–Crippen MR) is 149 cm³/mol. The van der Waals surface area contributed by atoms with Crippen LogP contribution in [0.25, 0.3) is 11.1 Å². The second-order valence-electron chi connectivity index (χ2n) is 10.9. The Balaban J connectivity index is 1.71. The summed E-state index contributed by atoms with van der Waals surface area (Å²) in [5.41, 5.74) is 2.53. The topological polar surface area (TPSA) is 0 Å². The average Bonchev–Trinajstić information content (AvgIpc) is 3.22. The van der Waals surface area contributed by atoms with Crippen LogP contribution < -0.4 is 0 Å². The number of hydrogen-bond acceptors (Lipinski definition) is 0. The Labute approximate surface area is 280 Å². The third-order valence-corrected chi connectivity index (χ3v) is 9.06. The summed E-state index contributed by atoms with van der Waals surface area (Å²) in [7, 11) is 0. The number of halogens is 20. The fraction of sp³-hybridized carbons (Fsp3) is 0.556. The molecule has 3 rings (SSSR count). The highest BCUT2D eigenvalue weighted by molar-refractivity contribution is 14.1. The molecule has 1 aliphatic carbocycles. The maximum atomic E-state index is 14.1. The van der Waals surface area contributed by atoms with Crippen molar-refractivity contribution in [2.75, 3.05) is 0 Å².